The average Bonchev–Trinajstić information content (AvgIpc) is 2.18. The van der Waals surface area contributed by atoms with Crippen LogP contribution in [0.15, 0.2) is 12.4 Å². The fourth-order valence-electron chi connectivity index (χ4n) is 1.21. The van der Waals surface area contributed by atoms with Crippen molar-refractivity contribution >= 4 is 11.6 Å². The minimum Gasteiger partial charge on any atom is -0.369 e. The molecule has 2 N–H and O–H groups in total. The number of hydrogen-bond acceptors (Lipinski definition) is 4. The number of rotatable bonds is 6. The van der Waals surface area contributed by atoms with Gasteiger partial charge >= 0.3 is 0 Å². The van der Waals surface area contributed by atoms with Gasteiger partial charge in [0.15, 0.2) is 0 Å². The third-order valence-electron chi connectivity index (χ3n) is 2.02. The maximum Gasteiger partial charge on any atom is 0.146 e. The van der Waals surface area contributed by atoms with Crippen LogP contribution in [0.3, 0.4) is 0 Å². The molecule has 0 saturated heterocycles. The third-order valence-corrected chi connectivity index (χ3v) is 2.02. The van der Waals surface area contributed by atoms with E-state index < -0.39 is 0 Å². The molecule has 4 heteroatoms. The normalized spacial score (nSPS) is 10.4. The van der Waals surface area contributed by atoms with Crippen LogP contribution in [0.2, 0.25) is 0 Å². The number of nitrogens with one attached hydrogen (secondary N) is 2. The standard InChI is InChI=1S/C11H20N4/c1-4-13-10-7-12-8-11(15-10)14-6-5-9(2)3/h7-9H,4-6H2,1-3H3,(H2,13,14,15). The highest BCUT2D eigenvalue weighted by Crippen LogP contribution is 2.07. The predicted octanol–water partition coefficient (Wildman–Crippen LogP) is 2.37. The zero-order valence-electron chi connectivity index (χ0n) is 9.75. The molecular weight excluding hydrogens is 188 g/mol. The summed E-state index contributed by atoms with van der Waals surface area (Å²) in [5, 5.41) is 6.39. The zero-order chi connectivity index (χ0) is 11.1. The second-order valence-corrected chi connectivity index (χ2v) is 3.93. The molecule has 0 fully saturated rings. The number of aromatic nitrogens is 2. The van der Waals surface area contributed by atoms with Crippen molar-refractivity contribution in [1.29, 1.82) is 0 Å². The summed E-state index contributed by atoms with van der Waals surface area (Å²) in [4.78, 5) is 8.49. The highest BCUT2D eigenvalue weighted by Gasteiger charge is 1.98. The lowest BCUT2D eigenvalue weighted by atomic mass is 10.1. The third kappa shape index (κ3) is 4.63. The Morgan fingerprint density at radius 3 is 2.47 bits per heavy atom. The minimum atomic E-state index is 0.711. The monoisotopic (exact) mass is 208 g/mol. The summed E-state index contributed by atoms with van der Waals surface area (Å²) in [6, 6.07) is 0. The Kier molecular flexibility index (Phi) is 4.87. The first-order valence-corrected chi connectivity index (χ1v) is 5.52. The molecule has 0 aromatic carbocycles. The molecule has 0 amide bonds. The number of anilines is 2. The van der Waals surface area contributed by atoms with Crippen molar-refractivity contribution in [2.75, 3.05) is 23.7 Å². The Labute approximate surface area is 91.5 Å². The maximum absolute atomic E-state index is 4.37. The van der Waals surface area contributed by atoms with E-state index in [1.165, 1.54) is 0 Å². The van der Waals surface area contributed by atoms with Crippen molar-refractivity contribution < 1.29 is 0 Å². The van der Waals surface area contributed by atoms with E-state index in [4.69, 9.17) is 0 Å². The van der Waals surface area contributed by atoms with Crippen molar-refractivity contribution in [3.63, 3.8) is 0 Å². The molecule has 0 atom stereocenters. The first-order valence-electron chi connectivity index (χ1n) is 5.52. The van der Waals surface area contributed by atoms with Gasteiger partial charge in [-0.05, 0) is 19.3 Å². The SMILES string of the molecule is CCNc1cncc(NCCC(C)C)n1. The second-order valence-electron chi connectivity index (χ2n) is 3.93. The summed E-state index contributed by atoms with van der Waals surface area (Å²) in [5.41, 5.74) is 0. The van der Waals surface area contributed by atoms with Crippen molar-refractivity contribution in [3.8, 4) is 0 Å². The zero-order valence-corrected chi connectivity index (χ0v) is 9.75. The highest BCUT2D eigenvalue weighted by molar-refractivity contribution is 5.41. The van der Waals surface area contributed by atoms with Gasteiger partial charge in [0.25, 0.3) is 0 Å². The van der Waals surface area contributed by atoms with E-state index in [0.717, 1.165) is 31.1 Å². The molecule has 0 aliphatic carbocycles. The van der Waals surface area contributed by atoms with Gasteiger partial charge in [-0.3, -0.25) is 4.98 Å². The first kappa shape index (κ1) is 11.8. The molecule has 1 heterocycles. The van der Waals surface area contributed by atoms with Crippen LogP contribution in [0.5, 0.6) is 0 Å². The fourth-order valence-corrected chi connectivity index (χ4v) is 1.21. The van der Waals surface area contributed by atoms with Crippen molar-refractivity contribution in [1.82, 2.24) is 9.97 Å². The molecule has 15 heavy (non-hydrogen) atoms. The molecule has 0 aliphatic rings. The first-order chi connectivity index (χ1) is 7.22. The Balaban J connectivity index is 2.43. The van der Waals surface area contributed by atoms with Gasteiger partial charge in [-0.1, -0.05) is 13.8 Å². The van der Waals surface area contributed by atoms with Gasteiger partial charge in [0, 0.05) is 13.1 Å². The van der Waals surface area contributed by atoms with E-state index in [0.29, 0.717) is 5.92 Å². The lowest BCUT2D eigenvalue weighted by Crippen LogP contribution is -2.08. The van der Waals surface area contributed by atoms with E-state index in [9.17, 15) is 0 Å². The second kappa shape index (κ2) is 6.22. The topological polar surface area (TPSA) is 49.8 Å². The van der Waals surface area contributed by atoms with Gasteiger partial charge < -0.3 is 10.6 Å². The molecule has 1 aromatic rings. The molecule has 4 nitrogen and oxygen atoms in total. The van der Waals surface area contributed by atoms with E-state index >= 15 is 0 Å². The Morgan fingerprint density at radius 1 is 1.20 bits per heavy atom. The molecule has 0 bridgehead atoms. The smallest absolute Gasteiger partial charge is 0.146 e. The Hall–Kier alpha value is -1.32. The Morgan fingerprint density at radius 2 is 1.87 bits per heavy atom. The summed E-state index contributed by atoms with van der Waals surface area (Å²) in [6.07, 6.45) is 4.63. The summed E-state index contributed by atoms with van der Waals surface area (Å²) in [6.45, 7) is 8.28. The van der Waals surface area contributed by atoms with Crippen LogP contribution < -0.4 is 10.6 Å². The van der Waals surface area contributed by atoms with Crippen molar-refractivity contribution in [2.24, 2.45) is 5.92 Å². The molecular formula is C11H20N4. The van der Waals surface area contributed by atoms with Crippen LogP contribution in [-0.2, 0) is 0 Å². The fraction of sp³-hybridized carbons (Fsp3) is 0.636. The van der Waals surface area contributed by atoms with Gasteiger partial charge in [0.1, 0.15) is 11.6 Å². The predicted molar refractivity (Wildman–Crippen MR) is 64.1 cm³/mol. The maximum atomic E-state index is 4.37. The summed E-state index contributed by atoms with van der Waals surface area (Å²) in [5.74, 6) is 2.38. The quantitative estimate of drug-likeness (QED) is 0.753. The highest BCUT2D eigenvalue weighted by atomic mass is 15.1. The summed E-state index contributed by atoms with van der Waals surface area (Å²) >= 11 is 0. The van der Waals surface area contributed by atoms with E-state index in [1.54, 1.807) is 12.4 Å². The van der Waals surface area contributed by atoms with E-state index in [1.807, 2.05) is 6.92 Å². The van der Waals surface area contributed by atoms with Gasteiger partial charge in [-0.15, -0.1) is 0 Å². The number of nitrogens with zero attached hydrogens (tertiary/aromatic N) is 2. The van der Waals surface area contributed by atoms with Crippen LogP contribution in [0.1, 0.15) is 27.2 Å². The van der Waals surface area contributed by atoms with Crippen LogP contribution in [-0.4, -0.2) is 23.1 Å². The summed E-state index contributed by atoms with van der Waals surface area (Å²) in [7, 11) is 0. The molecule has 0 unspecified atom stereocenters. The molecule has 0 aliphatic heterocycles. The van der Waals surface area contributed by atoms with Crippen LogP contribution in [0.4, 0.5) is 11.6 Å². The van der Waals surface area contributed by atoms with Crippen molar-refractivity contribution in [2.45, 2.75) is 27.2 Å². The van der Waals surface area contributed by atoms with Crippen LogP contribution in [0.25, 0.3) is 0 Å². The largest absolute Gasteiger partial charge is 0.369 e. The molecule has 84 valence electrons. The minimum absolute atomic E-state index is 0.711. The Bertz CT molecular complexity index is 286. The molecule has 1 rings (SSSR count). The van der Waals surface area contributed by atoms with E-state index in [-0.39, 0.29) is 0 Å². The van der Waals surface area contributed by atoms with Crippen molar-refractivity contribution in [3.05, 3.63) is 12.4 Å². The summed E-state index contributed by atoms with van der Waals surface area (Å²) < 4.78 is 0. The average molecular weight is 208 g/mol. The molecule has 0 saturated carbocycles. The lowest BCUT2D eigenvalue weighted by Gasteiger charge is -2.08. The van der Waals surface area contributed by atoms with Crippen LogP contribution >= 0.6 is 0 Å². The van der Waals surface area contributed by atoms with E-state index in [2.05, 4.69) is 34.4 Å². The molecule has 0 spiro atoms. The van der Waals surface area contributed by atoms with Gasteiger partial charge in [-0.25, -0.2) is 4.98 Å². The molecule has 1 aromatic heterocycles. The van der Waals surface area contributed by atoms with Crippen LogP contribution in [0, 0.1) is 5.92 Å². The number of hydrogen-bond donors (Lipinski definition) is 2. The van der Waals surface area contributed by atoms with Gasteiger partial charge in [0.05, 0.1) is 12.4 Å². The molecule has 0 radical (unpaired) electrons. The lowest BCUT2D eigenvalue weighted by molar-refractivity contribution is 0.606. The van der Waals surface area contributed by atoms with Gasteiger partial charge in [0.2, 0.25) is 0 Å². The van der Waals surface area contributed by atoms with Gasteiger partial charge in [-0.2, -0.15) is 0 Å².